The van der Waals surface area contributed by atoms with E-state index in [-0.39, 0.29) is 23.0 Å². The predicted octanol–water partition coefficient (Wildman–Crippen LogP) is 4.92. The van der Waals surface area contributed by atoms with Gasteiger partial charge in [0.05, 0.1) is 16.7 Å². The number of carbonyl (C=O) groups is 2. The van der Waals surface area contributed by atoms with Crippen molar-refractivity contribution in [1.29, 1.82) is 0 Å². The highest BCUT2D eigenvalue weighted by Crippen LogP contribution is 2.21. The Hall–Kier alpha value is -2.98. The van der Waals surface area contributed by atoms with E-state index < -0.39 is 0 Å². The molecule has 3 aromatic carbocycles. The number of benzene rings is 3. The number of hydrogen-bond acceptors (Lipinski definition) is 4. The summed E-state index contributed by atoms with van der Waals surface area (Å²) in [6.07, 6.45) is 0. The van der Waals surface area contributed by atoms with Crippen LogP contribution in [-0.2, 0) is 0 Å². The van der Waals surface area contributed by atoms with Crippen molar-refractivity contribution >= 4 is 57.4 Å². The second-order valence-electron chi connectivity index (χ2n) is 6.94. The second kappa shape index (κ2) is 11.1. The van der Waals surface area contributed by atoms with Gasteiger partial charge in [-0.3, -0.25) is 14.9 Å². The van der Waals surface area contributed by atoms with Gasteiger partial charge in [0.1, 0.15) is 5.75 Å². The molecule has 1 atom stereocenters. The number of ether oxygens (including phenoxy) is 1. The molecule has 8 heteroatoms. The quantitative estimate of drug-likeness (QED) is 0.295. The van der Waals surface area contributed by atoms with E-state index in [9.17, 15) is 9.59 Å². The lowest BCUT2D eigenvalue weighted by Gasteiger charge is -2.15. The summed E-state index contributed by atoms with van der Waals surface area (Å²) < 4.78 is 6.03. The summed E-state index contributed by atoms with van der Waals surface area (Å²) in [5.41, 5.74) is 2.56. The SMILES string of the molecule is COc1ccc(C(=O)NC(=S)Nc2cccc(C(=O)NC(C)c3ccccc3)c2)cc1I. The second-order valence-corrected chi connectivity index (χ2v) is 8.51. The van der Waals surface area contributed by atoms with Gasteiger partial charge in [0.25, 0.3) is 11.8 Å². The van der Waals surface area contributed by atoms with E-state index in [1.54, 1.807) is 49.6 Å². The monoisotopic (exact) mass is 559 g/mol. The summed E-state index contributed by atoms with van der Waals surface area (Å²) >= 11 is 7.37. The molecule has 0 aromatic heterocycles. The maximum absolute atomic E-state index is 12.7. The Morgan fingerprint density at radius 1 is 0.938 bits per heavy atom. The van der Waals surface area contributed by atoms with Crippen molar-refractivity contribution in [1.82, 2.24) is 10.6 Å². The van der Waals surface area contributed by atoms with E-state index in [4.69, 9.17) is 17.0 Å². The van der Waals surface area contributed by atoms with Gasteiger partial charge >= 0.3 is 0 Å². The fraction of sp³-hybridized carbons (Fsp3) is 0.125. The molecule has 0 radical (unpaired) electrons. The normalized spacial score (nSPS) is 11.2. The number of hydrogen-bond donors (Lipinski definition) is 3. The summed E-state index contributed by atoms with van der Waals surface area (Å²) in [6, 6.07) is 21.6. The Morgan fingerprint density at radius 2 is 1.66 bits per heavy atom. The first-order valence-corrected chi connectivity index (χ1v) is 11.3. The van der Waals surface area contributed by atoms with E-state index >= 15 is 0 Å². The van der Waals surface area contributed by atoms with Gasteiger partial charge in [-0.2, -0.15) is 0 Å². The lowest BCUT2D eigenvalue weighted by atomic mass is 10.1. The van der Waals surface area contributed by atoms with Crippen LogP contribution in [0.3, 0.4) is 0 Å². The van der Waals surface area contributed by atoms with Crippen molar-refractivity contribution in [3.63, 3.8) is 0 Å². The maximum Gasteiger partial charge on any atom is 0.257 e. The summed E-state index contributed by atoms with van der Waals surface area (Å²) in [7, 11) is 1.58. The van der Waals surface area contributed by atoms with Crippen LogP contribution in [0.25, 0.3) is 0 Å². The topological polar surface area (TPSA) is 79.5 Å². The van der Waals surface area contributed by atoms with Gasteiger partial charge in [0.2, 0.25) is 0 Å². The lowest BCUT2D eigenvalue weighted by Crippen LogP contribution is -2.34. The van der Waals surface area contributed by atoms with E-state index in [0.717, 1.165) is 9.13 Å². The molecular formula is C24H22IN3O3S. The van der Waals surface area contributed by atoms with E-state index in [2.05, 4.69) is 38.5 Å². The van der Waals surface area contributed by atoms with Crippen LogP contribution in [0.5, 0.6) is 5.75 Å². The van der Waals surface area contributed by atoms with Crippen LogP contribution >= 0.6 is 34.8 Å². The van der Waals surface area contributed by atoms with Gasteiger partial charge in [-0.1, -0.05) is 36.4 Å². The first-order chi connectivity index (χ1) is 15.4. The van der Waals surface area contributed by atoms with E-state index in [1.807, 2.05) is 37.3 Å². The number of halogens is 1. The van der Waals surface area contributed by atoms with Gasteiger partial charge in [-0.05, 0) is 83.7 Å². The third-order valence-electron chi connectivity index (χ3n) is 4.67. The highest BCUT2D eigenvalue weighted by molar-refractivity contribution is 14.1. The molecule has 0 saturated heterocycles. The third-order valence-corrected chi connectivity index (χ3v) is 5.72. The zero-order valence-corrected chi connectivity index (χ0v) is 20.5. The zero-order valence-electron chi connectivity index (χ0n) is 17.5. The lowest BCUT2D eigenvalue weighted by molar-refractivity contribution is 0.0938. The minimum atomic E-state index is -0.339. The van der Waals surface area contributed by atoms with Crippen LogP contribution in [0.2, 0.25) is 0 Å². The molecule has 3 rings (SSSR count). The molecule has 0 aliphatic carbocycles. The molecule has 0 fully saturated rings. The molecule has 3 aromatic rings. The first kappa shape index (κ1) is 23.7. The number of thiocarbonyl (C=S) groups is 1. The van der Waals surface area contributed by atoms with Crippen LogP contribution in [0.15, 0.2) is 72.8 Å². The van der Waals surface area contributed by atoms with Crippen molar-refractivity contribution in [2.45, 2.75) is 13.0 Å². The molecule has 0 bridgehead atoms. The summed E-state index contributed by atoms with van der Waals surface area (Å²) in [6.45, 7) is 1.93. The Morgan fingerprint density at radius 3 is 2.34 bits per heavy atom. The van der Waals surface area contributed by atoms with Crippen LogP contribution in [0, 0.1) is 3.57 Å². The first-order valence-electron chi connectivity index (χ1n) is 9.79. The van der Waals surface area contributed by atoms with Crippen LogP contribution < -0.4 is 20.7 Å². The largest absolute Gasteiger partial charge is 0.496 e. The van der Waals surface area contributed by atoms with Gasteiger partial charge in [0.15, 0.2) is 5.11 Å². The Bertz CT molecular complexity index is 1140. The Labute approximate surface area is 205 Å². The zero-order chi connectivity index (χ0) is 23.1. The van der Waals surface area contributed by atoms with E-state index in [0.29, 0.717) is 22.6 Å². The molecule has 0 aliphatic rings. The molecule has 6 nitrogen and oxygen atoms in total. The maximum atomic E-state index is 12.7. The molecule has 32 heavy (non-hydrogen) atoms. The summed E-state index contributed by atoms with van der Waals surface area (Å²) in [4.78, 5) is 25.1. The molecule has 164 valence electrons. The summed E-state index contributed by atoms with van der Waals surface area (Å²) in [5.74, 6) is 0.154. The average Bonchev–Trinajstić information content (AvgIpc) is 2.79. The Balaban J connectivity index is 1.61. The molecule has 0 saturated carbocycles. The molecule has 0 spiro atoms. The van der Waals surface area contributed by atoms with Crippen molar-refractivity contribution in [3.05, 3.63) is 93.1 Å². The number of anilines is 1. The van der Waals surface area contributed by atoms with Crippen molar-refractivity contribution < 1.29 is 14.3 Å². The number of nitrogens with one attached hydrogen (secondary N) is 3. The van der Waals surface area contributed by atoms with Gasteiger partial charge in [-0.15, -0.1) is 0 Å². The third kappa shape index (κ3) is 6.27. The highest BCUT2D eigenvalue weighted by Gasteiger charge is 2.13. The van der Waals surface area contributed by atoms with Crippen molar-refractivity contribution in [2.24, 2.45) is 0 Å². The molecule has 2 amide bonds. The number of amides is 2. The molecular weight excluding hydrogens is 537 g/mol. The Kier molecular flexibility index (Phi) is 8.18. The minimum Gasteiger partial charge on any atom is -0.496 e. The van der Waals surface area contributed by atoms with Gasteiger partial charge in [0, 0.05) is 16.8 Å². The number of methoxy groups -OCH3 is 1. The summed E-state index contributed by atoms with van der Waals surface area (Å²) in [5, 5.41) is 8.72. The smallest absolute Gasteiger partial charge is 0.257 e. The standard InChI is InChI=1S/C24H22IN3O3S/c1-15(16-7-4-3-5-8-16)26-22(29)17-9-6-10-19(13-17)27-24(32)28-23(30)18-11-12-21(31-2)20(25)14-18/h3-15H,1-2H3,(H,26,29)(H2,27,28,30,32). The average molecular weight is 559 g/mol. The molecule has 0 aliphatic heterocycles. The van der Waals surface area contributed by atoms with Crippen LogP contribution in [0.4, 0.5) is 5.69 Å². The predicted molar refractivity (Wildman–Crippen MR) is 138 cm³/mol. The highest BCUT2D eigenvalue weighted by atomic mass is 127. The fourth-order valence-corrected chi connectivity index (χ4v) is 3.93. The molecule has 0 heterocycles. The number of rotatable bonds is 6. The van der Waals surface area contributed by atoms with Crippen molar-refractivity contribution in [3.8, 4) is 5.75 Å². The fourth-order valence-electron chi connectivity index (χ4n) is 2.99. The minimum absolute atomic E-state index is 0.132. The van der Waals surface area contributed by atoms with E-state index in [1.165, 1.54) is 0 Å². The van der Waals surface area contributed by atoms with Gasteiger partial charge < -0.3 is 15.4 Å². The molecule has 3 N–H and O–H groups in total. The van der Waals surface area contributed by atoms with Crippen molar-refractivity contribution in [2.75, 3.05) is 12.4 Å². The number of carbonyl (C=O) groups excluding carboxylic acids is 2. The molecule has 1 unspecified atom stereocenters. The van der Waals surface area contributed by atoms with Gasteiger partial charge in [-0.25, -0.2) is 0 Å². The van der Waals surface area contributed by atoms with Crippen LogP contribution in [-0.4, -0.2) is 24.0 Å². The van der Waals surface area contributed by atoms with Crippen LogP contribution in [0.1, 0.15) is 39.2 Å².